The van der Waals surface area contributed by atoms with Crippen molar-refractivity contribution in [2.75, 3.05) is 10.7 Å². The Morgan fingerprint density at radius 2 is 2.00 bits per heavy atom. The monoisotopic (exact) mass is 325 g/mol. The first kappa shape index (κ1) is 16.0. The molecule has 2 aromatic heterocycles. The Morgan fingerprint density at radius 3 is 2.52 bits per heavy atom. The number of hydrogen-bond donors (Lipinski definition) is 3. The second kappa shape index (κ2) is 6.60. The maximum atomic E-state index is 6.36. The average molecular weight is 326 g/mol. The zero-order chi connectivity index (χ0) is 15.6. The van der Waals surface area contributed by atoms with Crippen molar-refractivity contribution in [1.82, 2.24) is 9.97 Å². The molecule has 21 heavy (non-hydrogen) atoms. The molecule has 0 aliphatic carbocycles. The van der Waals surface area contributed by atoms with E-state index in [-0.39, 0.29) is 6.04 Å². The number of halogens is 1. The van der Waals surface area contributed by atoms with E-state index in [0.29, 0.717) is 22.8 Å². The summed E-state index contributed by atoms with van der Waals surface area (Å²) in [5.41, 5.74) is 4.44. The SMILES string of the molecule is Cc1ccsc1-c1c(Cl)nc(NN)nc1N[C@H](C)C(C)C. The van der Waals surface area contributed by atoms with Gasteiger partial charge in [-0.3, -0.25) is 5.43 Å². The van der Waals surface area contributed by atoms with E-state index in [1.54, 1.807) is 11.3 Å². The number of nitrogens with one attached hydrogen (secondary N) is 2. The van der Waals surface area contributed by atoms with Crippen LogP contribution in [0.1, 0.15) is 26.3 Å². The van der Waals surface area contributed by atoms with Gasteiger partial charge in [0.1, 0.15) is 11.0 Å². The van der Waals surface area contributed by atoms with E-state index in [4.69, 9.17) is 17.4 Å². The summed E-state index contributed by atoms with van der Waals surface area (Å²) in [7, 11) is 0. The predicted molar refractivity (Wildman–Crippen MR) is 90.8 cm³/mol. The van der Waals surface area contributed by atoms with Crippen LogP contribution in [0.3, 0.4) is 0 Å². The third-order valence-corrected chi connectivity index (χ3v) is 4.75. The van der Waals surface area contributed by atoms with Gasteiger partial charge in [0.15, 0.2) is 0 Å². The van der Waals surface area contributed by atoms with Gasteiger partial charge in [0.25, 0.3) is 0 Å². The Labute approximate surface area is 133 Å². The van der Waals surface area contributed by atoms with Crippen molar-refractivity contribution in [2.24, 2.45) is 11.8 Å². The first-order chi connectivity index (χ1) is 9.93. The molecule has 0 radical (unpaired) electrons. The van der Waals surface area contributed by atoms with Gasteiger partial charge in [0.2, 0.25) is 5.95 Å². The number of nitrogens with two attached hydrogens (primary N) is 1. The zero-order valence-electron chi connectivity index (χ0n) is 12.6. The van der Waals surface area contributed by atoms with Gasteiger partial charge in [-0.25, -0.2) is 5.84 Å². The molecular formula is C14H20ClN5S. The van der Waals surface area contributed by atoms with Gasteiger partial charge in [-0.2, -0.15) is 9.97 Å². The molecule has 0 unspecified atom stereocenters. The van der Waals surface area contributed by atoms with E-state index < -0.39 is 0 Å². The maximum Gasteiger partial charge on any atom is 0.240 e. The van der Waals surface area contributed by atoms with Crippen LogP contribution in [-0.2, 0) is 0 Å². The molecule has 0 bridgehead atoms. The van der Waals surface area contributed by atoms with Crippen molar-refractivity contribution in [3.63, 3.8) is 0 Å². The van der Waals surface area contributed by atoms with E-state index in [0.717, 1.165) is 16.0 Å². The van der Waals surface area contributed by atoms with Crippen molar-refractivity contribution in [3.8, 4) is 10.4 Å². The molecule has 1 atom stereocenters. The lowest BCUT2D eigenvalue weighted by atomic mass is 10.1. The van der Waals surface area contributed by atoms with E-state index in [2.05, 4.69) is 47.5 Å². The van der Waals surface area contributed by atoms with E-state index in [9.17, 15) is 0 Å². The second-order valence-corrected chi connectivity index (χ2v) is 6.59. The molecule has 4 N–H and O–H groups in total. The average Bonchev–Trinajstić information content (AvgIpc) is 2.84. The Hall–Kier alpha value is -1.37. The lowest BCUT2D eigenvalue weighted by molar-refractivity contribution is 0.558. The summed E-state index contributed by atoms with van der Waals surface area (Å²) in [6.07, 6.45) is 0. The smallest absolute Gasteiger partial charge is 0.240 e. The molecule has 2 rings (SSSR count). The number of hydrogen-bond acceptors (Lipinski definition) is 6. The third kappa shape index (κ3) is 3.45. The van der Waals surface area contributed by atoms with Crippen LogP contribution in [0.25, 0.3) is 10.4 Å². The number of aromatic nitrogens is 2. The molecule has 0 amide bonds. The number of hydrazine groups is 1. The summed E-state index contributed by atoms with van der Waals surface area (Å²) in [5, 5.41) is 5.84. The second-order valence-electron chi connectivity index (χ2n) is 5.32. The van der Waals surface area contributed by atoms with Gasteiger partial charge in [-0.15, -0.1) is 11.3 Å². The van der Waals surface area contributed by atoms with E-state index in [1.165, 1.54) is 0 Å². The molecule has 0 aliphatic rings. The standard InChI is InChI=1S/C14H20ClN5S/c1-7(2)9(4)17-13-10(11-8(3)5-6-21-11)12(15)18-14(19-13)20-16/h5-7,9H,16H2,1-4H3,(H2,17,18,19,20)/t9-/m1/s1. The lowest BCUT2D eigenvalue weighted by Gasteiger charge is -2.21. The largest absolute Gasteiger partial charge is 0.367 e. The minimum Gasteiger partial charge on any atom is -0.367 e. The highest BCUT2D eigenvalue weighted by atomic mass is 35.5. The predicted octanol–water partition coefficient (Wildman–Crippen LogP) is 3.91. The molecule has 7 heteroatoms. The molecule has 2 heterocycles. The van der Waals surface area contributed by atoms with E-state index >= 15 is 0 Å². The molecule has 0 saturated heterocycles. The summed E-state index contributed by atoms with van der Waals surface area (Å²) < 4.78 is 0. The van der Waals surface area contributed by atoms with E-state index in [1.807, 2.05) is 12.3 Å². The van der Waals surface area contributed by atoms with Gasteiger partial charge in [0.05, 0.1) is 5.56 Å². The van der Waals surface area contributed by atoms with Crippen LogP contribution in [-0.4, -0.2) is 16.0 Å². The highest BCUT2D eigenvalue weighted by molar-refractivity contribution is 7.13. The number of nitrogens with zero attached hydrogens (tertiary/aromatic N) is 2. The van der Waals surface area contributed by atoms with Crippen LogP contribution in [0, 0.1) is 12.8 Å². The number of aryl methyl sites for hydroxylation is 1. The van der Waals surface area contributed by atoms with Crippen molar-refractivity contribution in [2.45, 2.75) is 33.7 Å². The number of rotatable bonds is 5. The van der Waals surface area contributed by atoms with Crippen LogP contribution in [0.4, 0.5) is 11.8 Å². The highest BCUT2D eigenvalue weighted by Crippen LogP contribution is 2.39. The molecule has 0 aliphatic heterocycles. The third-order valence-electron chi connectivity index (χ3n) is 3.45. The minimum atomic E-state index is 0.251. The number of thiophene rings is 1. The molecular weight excluding hydrogens is 306 g/mol. The first-order valence-corrected chi connectivity index (χ1v) is 8.05. The fourth-order valence-corrected chi connectivity index (χ4v) is 3.11. The number of nitrogen functional groups attached to an aromatic ring is 1. The summed E-state index contributed by atoms with van der Waals surface area (Å²) >= 11 is 7.98. The first-order valence-electron chi connectivity index (χ1n) is 6.79. The summed E-state index contributed by atoms with van der Waals surface area (Å²) in [4.78, 5) is 9.69. The normalized spacial score (nSPS) is 12.5. The topological polar surface area (TPSA) is 75.9 Å². The quantitative estimate of drug-likeness (QED) is 0.441. The Morgan fingerprint density at radius 1 is 1.29 bits per heavy atom. The Balaban J connectivity index is 2.54. The van der Waals surface area contributed by atoms with Crippen LogP contribution in [0.2, 0.25) is 5.15 Å². The number of anilines is 2. The molecule has 5 nitrogen and oxygen atoms in total. The van der Waals surface area contributed by atoms with Gasteiger partial charge < -0.3 is 5.32 Å². The van der Waals surface area contributed by atoms with Crippen LogP contribution in [0.5, 0.6) is 0 Å². The fourth-order valence-electron chi connectivity index (χ4n) is 1.81. The maximum absolute atomic E-state index is 6.36. The van der Waals surface area contributed by atoms with Crippen LogP contribution in [0.15, 0.2) is 11.4 Å². The van der Waals surface area contributed by atoms with Crippen LogP contribution >= 0.6 is 22.9 Å². The lowest BCUT2D eigenvalue weighted by Crippen LogP contribution is -2.23. The van der Waals surface area contributed by atoms with Gasteiger partial charge >= 0.3 is 0 Å². The van der Waals surface area contributed by atoms with Gasteiger partial charge in [-0.1, -0.05) is 25.4 Å². The molecule has 0 saturated carbocycles. The van der Waals surface area contributed by atoms with Gasteiger partial charge in [-0.05, 0) is 36.8 Å². The van der Waals surface area contributed by atoms with Gasteiger partial charge in [0, 0.05) is 10.9 Å². The molecule has 114 valence electrons. The summed E-state index contributed by atoms with van der Waals surface area (Å²) in [6, 6.07) is 2.31. The Kier molecular flexibility index (Phi) is 5.03. The molecule has 2 aromatic rings. The highest BCUT2D eigenvalue weighted by Gasteiger charge is 2.19. The zero-order valence-corrected chi connectivity index (χ0v) is 14.1. The van der Waals surface area contributed by atoms with Crippen molar-refractivity contribution >= 4 is 34.7 Å². The van der Waals surface area contributed by atoms with Crippen molar-refractivity contribution in [3.05, 3.63) is 22.2 Å². The minimum absolute atomic E-state index is 0.251. The molecule has 0 spiro atoms. The van der Waals surface area contributed by atoms with Crippen molar-refractivity contribution < 1.29 is 0 Å². The molecule has 0 fully saturated rings. The Bertz CT molecular complexity index is 626. The van der Waals surface area contributed by atoms with Crippen LogP contribution < -0.4 is 16.6 Å². The fraction of sp³-hybridized carbons (Fsp3) is 0.429. The van der Waals surface area contributed by atoms with Crippen molar-refractivity contribution in [1.29, 1.82) is 0 Å². The molecule has 0 aromatic carbocycles. The summed E-state index contributed by atoms with van der Waals surface area (Å²) in [6.45, 7) is 8.46. The summed E-state index contributed by atoms with van der Waals surface area (Å²) in [5.74, 6) is 6.89.